The number of nitrogens with one attached hydrogen (secondary N) is 2. The molecule has 0 aliphatic carbocycles. The maximum absolute atomic E-state index is 6.09. The fourth-order valence-electron chi connectivity index (χ4n) is 2.61. The number of anilines is 1. The van der Waals surface area contributed by atoms with Gasteiger partial charge in [-0.25, -0.2) is 4.98 Å². The summed E-state index contributed by atoms with van der Waals surface area (Å²) in [6.07, 6.45) is 1.16. The Kier molecular flexibility index (Phi) is 8.11. The van der Waals surface area contributed by atoms with Crippen LogP contribution in [0.5, 0.6) is 5.75 Å². The fraction of sp³-hybridized carbons (Fsp3) is 0.455. The van der Waals surface area contributed by atoms with Crippen LogP contribution in [0.25, 0.3) is 0 Å². The van der Waals surface area contributed by atoms with E-state index in [1.807, 2.05) is 37.2 Å². The summed E-state index contributed by atoms with van der Waals surface area (Å²) in [5.74, 6) is 2.60. The van der Waals surface area contributed by atoms with Gasteiger partial charge in [0.1, 0.15) is 11.6 Å². The number of ether oxygens (including phenoxy) is 1. The molecule has 2 rings (SSSR count). The van der Waals surface area contributed by atoms with Crippen molar-refractivity contribution in [2.24, 2.45) is 4.99 Å². The molecule has 1 unspecified atom stereocenters. The lowest BCUT2D eigenvalue weighted by Gasteiger charge is -2.18. The summed E-state index contributed by atoms with van der Waals surface area (Å²) in [6, 6.07) is 12.3. The molecule has 0 spiro atoms. The lowest BCUT2D eigenvalue weighted by Crippen LogP contribution is -2.36. The SMILES string of the molecule is CCC(C)Oc1cc(C)ccc1CNC(=NC)NCc1cccc(N(C)C)n1. The Morgan fingerprint density at radius 3 is 2.61 bits per heavy atom. The van der Waals surface area contributed by atoms with Crippen LogP contribution in [0.4, 0.5) is 5.82 Å². The molecule has 0 saturated carbocycles. The summed E-state index contributed by atoms with van der Waals surface area (Å²) in [6.45, 7) is 7.54. The zero-order valence-electron chi connectivity index (χ0n) is 17.9. The second kappa shape index (κ2) is 10.5. The Hall–Kier alpha value is -2.76. The van der Waals surface area contributed by atoms with Crippen LogP contribution in [-0.2, 0) is 13.1 Å². The van der Waals surface area contributed by atoms with E-state index < -0.39 is 0 Å². The molecule has 0 amide bonds. The molecular weight excluding hydrogens is 350 g/mol. The van der Waals surface area contributed by atoms with Crippen LogP contribution in [0.3, 0.4) is 0 Å². The zero-order valence-corrected chi connectivity index (χ0v) is 17.9. The van der Waals surface area contributed by atoms with E-state index in [0.717, 1.165) is 35.2 Å². The molecule has 152 valence electrons. The Labute approximate surface area is 169 Å². The molecule has 0 fully saturated rings. The van der Waals surface area contributed by atoms with Gasteiger partial charge in [0.05, 0.1) is 18.3 Å². The Morgan fingerprint density at radius 2 is 1.93 bits per heavy atom. The summed E-state index contributed by atoms with van der Waals surface area (Å²) >= 11 is 0. The second-order valence-electron chi connectivity index (χ2n) is 7.11. The van der Waals surface area contributed by atoms with Crippen LogP contribution in [0.15, 0.2) is 41.4 Å². The second-order valence-corrected chi connectivity index (χ2v) is 7.11. The van der Waals surface area contributed by atoms with Gasteiger partial charge in [0.25, 0.3) is 0 Å². The minimum absolute atomic E-state index is 0.188. The molecule has 6 nitrogen and oxygen atoms in total. The molecule has 1 heterocycles. The molecular formula is C22H33N5O. The number of aromatic nitrogens is 1. The number of aryl methyl sites for hydroxylation is 1. The largest absolute Gasteiger partial charge is 0.490 e. The van der Waals surface area contributed by atoms with E-state index in [2.05, 4.69) is 59.6 Å². The van der Waals surface area contributed by atoms with Crippen LogP contribution in [0.1, 0.15) is 37.1 Å². The minimum atomic E-state index is 0.188. The standard InChI is InChI=1S/C22H33N5O/c1-7-17(3)28-20-13-16(2)11-12-18(20)14-24-22(23-4)25-15-19-9-8-10-21(26-19)27(5)6/h8-13,17H,7,14-15H2,1-6H3,(H2,23,24,25). The lowest BCUT2D eigenvalue weighted by atomic mass is 10.1. The molecule has 28 heavy (non-hydrogen) atoms. The number of aliphatic imine (C=N–C) groups is 1. The summed E-state index contributed by atoms with van der Waals surface area (Å²) in [5.41, 5.74) is 3.27. The van der Waals surface area contributed by atoms with Crippen molar-refractivity contribution in [3.05, 3.63) is 53.2 Å². The number of guanidine groups is 1. The Bertz CT molecular complexity index is 788. The van der Waals surface area contributed by atoms with Gasteiger partial charge in [0, 0.05) is 33.3 Å². The number of rotatable bonds is 8. The highest BCUT2D eigenvalue weighted by atomic mass is 16.5. The van der Waals surface area contributed by atoms with Gasteiger partial charge in [-0.05, 0) is 44.0 Å². The molecule has 0 radical (unpaired) electrons. The summed E-state index contributed by atoms with van der Waals surface area (Å²) in [4.78, 5) is 10.9. The number of nitrogens with zero attached hydrogens (tertiary/aromatic N) is 3. The number of hydrogen-bond acceptors (Lipinski definition) is 4. The van der Waals surface area contributed by atoms with Crippen molar-refractivity contribution in [3.63, 3.8) is 0 Å². The van der Waals surface area contributed by atoms with E-state index >= 15 is 0 Å². The van der Waals surface area contributed by atoms with E-state index in [1.165, 1.54) is 5.56 Å². The van der Waals surface area contributed by atoms with Gasteiger partial charge in [-0.15, -0.1) is 0 Å². The van der Waals surface area contributed by atoms with Gasteiger partial charge in [-0.1, -0.05) is 25.1 Å². The molecule has 0 bridgehead atoms. The third-order valence-electron chi connectivity index (χ3n) is 4.48. The maximum Gasteiger partial charge on any atom is 0.191 e. The minimum Gasteiger partial charge on any atom is -0.490 e. The smallest absolute Gasteiger partial charge is 0.191 e. The van der Waals surface area contributed by atoms with Crippen LogP contribution in [0.2, 0.25) is 0 Å². The summed E-state index contributed by atoms with van der Waals surface area (Å²) in [5, 5.41) is 6.69. The van der Waals surface area contributed by atoms with Crippen molar-refractivity contribution in [2.75, 3.05) is 26.0 Å². The maximum atomic E-state index is 6.09. The first-order valence-electron chi connectivity index (χ1n) is 9.76. The first-order chi connectivity index (χ1) is 13.4. The summed E-state index contributed by atoms with van der Waals surface area (Å²) < 4.78 is 6.09. The van der Waals surface area contributed by atoms with Gasteiger partial charge in [0.15, 0.2) is 5.96 Å². The highest BCUT2D eigenvalue weighted by Crippen LogP contribution is 2.22. The van der Waals surface area contributed by atoms with Crippen molar-refractivity contribution in [2.45, 2.75) is 46.4 Å². The average Bonchev–Trinajstić information content (AvgIpc) is 2.69. The van der Waals surface area contributed by atoms with Gasteiger partial charge in [-0.2, -0.15) is 0 Å². The van der Waals surface area contributed by atoms with E-state index in [4.69, 9.17) is 4.74 Å². The van der Waals surface area contributed by atoms with Crippen LogP contribution >= 0.6 is 0 Å². The van der Waals surface area contributed by atoms with Crippen molar-refractivity contribution in [3.8, 4) is 5.75 Å². The fourth-order valence-corrected chi connectivity index (χ4v) is 2.61. The molecule has 2 N–H and O–H groups in total. The predicted molar refractivity (Wildman–Crippen MR) is 117 cm³/mol. The summed E-state index contributed by atoms with van der Waals surface area (Å²) in [7, 11) is 5.74. The molecule has 6 heteroatoms. The van der Waals surface area contributed by atoms with Crippen molar-refractivity contribution >= 4 is 11.8 Å². The van der Waals surface area contributed by atoms with Crippen molar-refractivity contribution < 1.29 is 4.74 Å². The van der Waals surface area contributed by atoms with Gasteiger partial charge in [0.2, 0.25) is 0 Å². The predicted octanol–water partition coefficient (Wildman–Crippen LogP) is 3.50. The van der Waals surface area contributed by atoms with E-state index in [-0.39, 0.29) is 6.10 Å². The Balaban J connectivity index is 1.98. The van der Waals surface area contributed by atoms with Gasteiger partial charge < -0.3 is 20.3 Å². The molecule has 0 saturated heterocycles. The van der Waals surface area contributed by atoms with Crippen LogP contribution in [-0.4, -0.2) is 38.2 Å². The number of pyridine rings is 1. The highest BCUT2D eigenvalue weighted by Gasteiger charge is 2.09. The van der Waals surface area contributed by atoms with Crippen LogP contribution in [0, 0.1) is 6.92 Å². The first-order valence-corrected chi connectivity index (χ1v) is 9.76. The topological polar surface area (TPSA) is 61.8 Å². The quantitative estimate of drug-likeness (QED) is 0.540. The molecule has 0 aliphatic rings. The molecule has 1 aromatic heterocycles. The third kappa shape index (κ3) is 6.44. The van der Waals surface area contributed by atoms with E-state index in [1.54, 1.807) is 7.05 Å². The number of hydrogen-bond donors (Lipinski definition) is 2. The zero-order chi connectivity index (χ0) is 20.5. The average molecular weight is 384 g/mol. The highest BCUT2D eigenvalue weighted by molar-refractivity contribution is 5.79. The van der Waals surface area contributed by atoms with Crippen LogP contribution < -0.4 is 20.3 Å². The molecule has 0 aliphatic heterocycles. The van der Waals surface area contributed by atoms with Gasteiger partial charge >= 0.3 is 0 Å². The Morgan fingerprint density at radius 1 is 1.18 bits per heavy atom. The van der Waals surface area contributed by atoms with E-state index in [9.17, 15) is 0 Å². The third-order valence-corrected chi connectivity index (χ3v) is 4.48. The monoisotopic (exact) mass is 383 g/mol. The van der Waals surface area contributed by atoms with E-state index in [0.29, 0.717) is 13.1 Å². The molecule has 1 aromatic carbocycles. The molecule has 1 atom stereocenters. The van der Waals surface area contributed by atoms with Gasteiger partial charge in [-0.3, -0.25) is 4.99 Å². The van der Waals surface area contributed by atoms with Crippen molar-refractivity contribution in [1.29, 1.82) is 0 Å². The van der Waals surface area contributed by atoms with Crippen molar-refractivity contribution in [1.82, 2.24) is 15.6 Å². The normalized spacial score (nSPS) is 12.4. The molecule has 2 aromatic rings. The lowest BCUT2D eigenvalue weighted by molar-refractivity contribution is 0.215. The number of benzene rings is 1. The first kappa shape index (κ1) is 21.5.